The first-order valence-electron chi connectivity index (χ1n) is 13.7. The number of rotatable bonds is 25. The smallest absolute Gasteiger partial charge is 0.332 e. The highest BCUT2D eigenvalue weighted by atomic mass is 16.4. The van der Waals surface area contributed by atoms with Gasteiger partial charge in [-0.3, -0.25) is 0 Å². The average Bonchev–Trinajstić information content (AvgIpc) is 2.76. The highest BCUT2D eigenvalue weighted by Crippen LogP contribution is 2.15. The van der Waals surface area contributed by atoms with E-state index >= 15 is 0 Å². The van der Waals surface area contributed by atoms with Crippen LogP contribution in [0.5, 0.6) is 0 Å². The van der Waals surface area contributed by atoms with Crippen LogP contribution in [0, 0.1) is 0 Å². The van der Waals surface area contributed by atoms with E-state index in [-0.39, 0.29) is 6.42 Å². The average molecular weight is 439 g/mol. The fraction of sp³-hybridized carbons (Fsp3) is 0.893. The van der Waals surface area contributed by atoms with E-state index in [4.69, 9.17) is 10.2 Å². The normalized spacial score (nSPS) is 12.6. The standard InChI is InChI=1S/C28H54O3/c1-2-3-4-5-6-7-8-9-10-11-12-13-14-15-16-17-18-19-20-21-22-23-24-25-26-27(29)28(30)31/h24-25,27,29H,2-23,26H2,1H3,(H,30,31). The Morgan fingerprint density at radius 2 is 0.903 bits per heavy atom. The fourth-order valence-electron chi connectivity index (χ4n) is 4.14. The highest BCUT2D eigenvalue weighted by molar-refractivity contribution is 5.72. The zero-order valence-electron chi connectivity index (χ0n) is 20.8. The van der Waals surface area contributed by atoms with Crippen molar-refractivity contribution in [3.63, 3.8) is 0 Å². The third-order valence-corrected chi connectivity index (χ3v) is 6.29. The van der Waals surface area contributed by atoms with Gasteiger partial charge in [0.25, 0.3) is 0 Å². The molecular weight excluding hydrogens is 384 g/mol. The molecule has 1 atom stereocenters. The molecule has 3 nitrogen and oxygen atoms in total. The molecule has 2 N–H and O–H groups in total. The summed E-state index contributed by atoms with van der Waals surface area (Å²) in [5.74, 6) is -1.14. The zero-order valence-corrected chi connectivity index (χ0v) is 20.8. The lowest BCUT2D eigenvalue weighted by molar-refractivity contribution is -0.146. The van der Waals surface area contributed by atoms with Crippen LogP contribution >= 0.6 is 0 Å². The summed E-state index contributed by atoms with van der Waals surface area (Å²) < 4.78 is 0. The van der Waals surface area contributed by atoms with Gasteiger partial charge in [0.15, 0.2) is 6.10 Å². The second-order valence-corrected chi connectivity index (χ2v) is 9.42. The SMILES string of the molecule is CCCCCCCCCCCCCCCCCCCCCCCC=CCC(O)C(=O)O. The molecule has 0 aromatic heterocycles. The number of aliphatic hydroxyl groups is 1. The van der Waals surface area contributed by atoms with Gasteiger partial charge in [0, 0.05) is 6.42 Å². The molecule has 0 aliphatic rings. The largest absolute Gasteiger partial charge is 0.479 e. The lowest BCUT2D eigenvalue weighted by atomic mass is 10.0. The third-order valence-electron chi connectivity index (χ3n) is 6.29. The maximum atomic E-state index is 10.5. The molecule has 0 aromatic rings. The van der Waals surface area contributed by atoms with Crippen molar-refractivity contribution in [3.05, 3.63) is 12.2 Å². The first-order chi connectivity index (χ1) is 15.2. The maximum absolute atomic E-state index is 10.5. The second-order valence-electron chi connectivity index (χ2n) is 9.42. The predicted molar refractivity (Wildman–Crippen MR) is 135 cm³/mol. The molecule has 0 bridgehead atoms. The minimum absolute atomic E-state index is 0.217. The molecule has 1 unspecified atom stereocenters. The molecule has 31 heavy (non-hydrogen) atoms. The van der Waals surface area contributed by atoms with E-state index in [2.05, 4.69) is 6.92 Å². The van der Waals surface area contributed by atoms with Crippen molar-refractivity contribution in [2.24, 2.45) is 0 Å². The monoisotopic (exact) mass is 438 g/mol. The molecule has 0 aliphatic heterocycles. The van der Waals surface area contributed by atoms with Gasteiger partial charge in [-0.1, -0.05) is 147 Å². The van der Waals surface area contributed by atoms with Crippen molar-refractivity contribution in [1.29, 1.82) is 0 Å². The molecule has 0 radical (unpaired) electrons. The van der Waals surface area contributed by atoms with Crippen molar-refractivity contribution in [3.8, 4) is 0 Å². The Hall–Kier alpha value is -0.830. The van der Waals surface area contributed by atoms with Gasteiger partial charge in [0.2, 0.25) is 0 Å². The van der Waals surface area contributed by atoms with Gasteiger partial charge in [0.05, 0.1) is 0 Å². The Balaban J connectivity index is 3.09. The van der Waals surface area contributed by atoms with Crippen molar-refractivity contribution in [1.82, 2.24) is 0 Å². The Morgan fingerprint density at radius 1 is 0.581 bits per heavy atom. The van der Waals surface area contributed by atoms with E-state index in [1.165, 1.54) is 135 Å². The van der Waals surface area contributed by atoms with E-state index in [1.54, 1.807) is 6.08 Å². The minimum atomic E-state index is -1.25. The Kier molecular flexibility index (Phi) is 24.7. The van der Waals surface area contributed by atoms with Crippen LogP contribution in [-0.2, 0) is 4.79 Å². The molecule has 0 heterocycles. The van der Waals surface area contributed by atoms with Crippen LogP contribution in [0.4, 0.5) is 0 Å². The van der Waals surface area contributed by atoms with E-state index in [1.807, 2.05) is 6.08 Å². The van der Waals surface area contributed by atoms with Crippen molar-refractivity contribution < 1.29 is 15.0 Å². The summed E-state index contributed by atoms with van der Waals surface area (Å²) in [7, 11) is 0. The van der Waals surface area contributed by atoms with Crippen LogP contribution in [-0.4, -0.2) is 22.3 Å². The Labute approximate surface area is 194 Å². The molecule has 0 rings (SSSR count). The number of allylic oxidation sites excluding steroid dienone is 1. The Morgan fingerprint density at radius 3 is 1.23 bits per heavy atom. The zero-order chi connectivity index (χ0) is 22.8. The van der Waals surface area contributed by atoms with E-state index in [0.717, 1.165) is 6.42 Å². The molecule has 0 spiro atoms. The van der Waals surface area contributed by atoms with Crippen LogP contribution in [0.3, 0.4) is 0 Å². The lowest BCUT2D eigenvalue weighted by Gasteiger charge is -2.04. The summed E-state index contributed by atoms with van der Waals surface area (Å²) in [6.45, 7) is 2.29. The van der Waals surface area contributed by atoms with Crippen LogP contribution in [0.1, 0.15) is 155 Å². The molecule has 0 aliphatic carbocycles. The molecule has 184 valence electrons. The molecule has 3 heteroatoms. The molecule has 0 fully saturated rings. The van der Waals surface area contributed by atoms with Gasteiger partial charge < -0.3 is 10.2 Å². The van der Waals surface area contributed by atoms with Crippen molar-refractivity contribution >= 4 is 5.97 Å². The van der Waals surface area contributed by atoms with Gasteiger partial charge in [-0.2, -0.15) is 0 Å². The molecular formula is C28H54O3. The number of carbonyl (C=O) groups is 1. The topological polar surface area (TPSA) is 57.5 Å². The number of carboxylic acid groups (broad SMARTS) is 1. The summed E-state index contributed by atoms with van der Waals surface area (Å²) in [5, 5.41) is 17.7. The lowest BCUT2D eigenvalue weighted by Crippen LogP contribution is -2.17. The van der Waals surface area contributed by atoms with Crippen LogP contribution in [0.15, 0.2) is 12.2 Å². The summed E-state index contributed by atoms with van der Waals surface area (Å²) in [6, 6.07) is 0. The van der Waals surface area contributed by atoms with E-state index in [9.17, 15) is 4.79 Å². The summed E-state index contributed by atoms with van der Waals surface area (Å²) in [4.78, 5) is 10.5. The first-order valence-corrected chi connectivity index (χ1v) is 13.7. The number of aliphatic carboxylic acids is 1. The minimum Gasteiger partial charge on any atom is -0.479 e. The Bertz CT molecular complexity index is 392. The molecule has 0 saturated carbocycles. The van der Waals surface area contributed by atoms with Gasteiger partial charge >= 0.3 is 5.97 Å². The number of carboxylic acids is 1. The number of hydrogen-bond donors (Lipinski definition) is 2. The summed E-state index contributed by atoms with van der Waals surface area (Å²) in [6.07, 6.45) is 33.1. The number of unbranched alkanes of at least 4 members (excludes halogenated alkanes) is 21. The van der Waals surface area contributed by atoms with Gasteiger partial charge in [-0.25, -0.2) is 4.79 Å². The van der Waals surface area contributed by atoms with Crippen molar-refractivity contribution in [2.45, 2.75) is 161 Å². The number of aliphatic hydroxyl groups excluding tert-OH is 1. The van der Waals surface area contributed by atoms with Gasteiger partial charge in [-0.05, 0) is 12.8 Å². The molecule has 0 saturated heterocycles. The van der Waals surface area contributed by atoms with Crippen LogP contribution in [0.2, 0.25) is 0 Å². The molecule has 0 aromatic carbocycles. The van der Waals surface area contributed by atoms with E-state index in [0.29, 0.717) is 0 Å². The van der Waals surface area contributed by atoms with Crippen LogP contribution in [0.25, 0.3) is 0 Å². The summed E-state index contributed by atoms with van der Waals surface area (Å²) >= 11 is 0. The quantitative estimate of drug-likeness (QED) is 0.110. The first kappa shape index (κ1) is 30.2. The number of hydrogen-bond acceptors (Lipinski definition) is 2. The third kappa shape index (κ3) is 25.3. The van der Waals surface area contributed by atoms with Gasteiger partial charge in [0.1, 0.15) is 0 Å². The highest BCUT2D eigenvalue weighted by Gasteiger charge is 2.09. The predicted octanol–water partition coefficient (Wildman–Crippen LogP) is 8.98. The fourth-order valence-corrected chi connectivity index (χ4v) is 4.14. The van der Waals surface area contributed by atoms with Crippen molar-refractivity contribution in [2.75, 3.05) is 0 Å². The summed E-state index contributed by atoms with van der Waals surface area (Å²) in [5.41, 5.74) is 0. The van der Waals surface area contributed by atoms with E-state index < -0.39 is 12.1 Å². The maximum Gasteiger partial charge on any atom is 0.332 e. The molecule has 0 amide bonds. The second kappa shape index (κ2) is 25.4. The van der Waals surface area contributed by atoms with Gasteiger partial charge in [-0.15, -0.1) is 0 Å². The van der Waals surface area contributed by atoms with Crippen LogP contribution < -0.4 is 0 Å².